The number of hydrogen-bond acceptors (Lipinski definition) is 3. The first kappa shape index (κ1) is 21.4. The molecule has 6 nitrogen and oxygen atoms in total. The normalized spacial score (nSPS) is 13.2. The van der Waals surface area contributed by atoms with Crippen LogP contribution in [0.5, 0.6) is 0 Å². The van der Waals surface area contributed by atoms with E-state index < -0.39 is 23.9 Å². The molecule has 3 amide bonds. The van der Waals surface area contributed by atoms with Gasteiger partial charge < -0.3 is 16.4 Å². The smallest absolute Gasteiger partial charge is 0.243 e. The summed E-state index contributed by atoms with van der Waals surface area (Å²) < 4.78 is 0.762. The summed E-state index contributed by atoms with van der Waals surface area (Å²) in [5.41, 5.74) is 6.18. The third-order valence-corrected chi connectivity index (χ3v) is 4.50. The van der Waals surface area contributed by atoms with E-state index in [-0.39, 0.29) is 18.2 Å². The van der Waals surface area contributed by atoms with Crippen LogP contribution in [0.25, 0.3) is 0 Å². The molecule has 1 aromatic carbocycles. The summed E-state index contributed by atoms with van der Waals surface area (Å²) in [5, 5.41) is 5.75. The van der Waals surface area contributed by atoms with Crippen LogP contribution in [0.15, 0.2) is 22.7 Å². The molecule has 0 aliphatic heterocycles. The number of benzene rings is 1. The zero-order valence-corrected chi connectivity index (χ0v) is 16.8. The largest absolute Gasteiger partial charge is 0.368 e. The number of rotatable bonds is 8. The van der Waals surface area contributed by atoms with Crippen molar-refractivity contribution in [2.45, 2.75) is 45.7 Å². The van der Waals surface area contributed by atoms with Gasteiger partial charge in [0.1, 0.15) is 12.1 Å². The third kappa shape index (κ3) is 7.44. The number of nitrogens with two attached hydrogens (primary N) is 1. The van der Waals surface area contributed by atoms with Crippen molar-refractivity contribution in [1.82, 2.24) is 10.6 Å². The van der Waals surface area contributed by atoms with E-state index in [4.69, 9.17) is 17.3 Å². The van der Waals surface area contributed by atoms with Gasteiger partial charge >= 0.3 is 0 Å². The summed E-state index contributed by atoms with van der Waals surface area (Å²) in [7, 11) is 0. The van der Waals surface area contributed by atoms with Gasteiger partial charge in [-0.3, -0.25) is 14.4 Å². The van der Waals surface area contributed by atoms with Crippen LogP contribution in [0.3, 0.4) is 0 Å². The van der Waals surface area contributed by atoms with Crippen LogP contribution in [-0.4, -0.2) is 29.8 Å². The van der Waals surface area contributed by atoms with E-state index in [1.165, 1.54) is 6.92 Å². The van der Waals surface area contributed by atoms with Gasteiger partial charge in [-0.15, -0.1) is 0 Å². The predicted octanol–water partition coefficient (Wildman–Crippen LogP) is 2.17. The molecule has 0 heterocycles. The average molecular weight is 433 g/mol. The first-order valence-corrected chi connectivity index (χ1v) is 9.08. The van der Waals surface area contributed by atoms with E-state index in [9.17, 15) is 14.4 Å². The minimum atomic E-state index is -0.911. The zero-order chi connectivity index (χ0) is 19.1. The number of primary amides is 1. The molecule has 0 spiro atoms. The average Bonchev–Trinajstić information content (AvgIpc) is 2.48. The van der Waals surface area contributed by atoms with Gasteiger partial charge in [0.05, 0.1) is 0 Å². The molecule has 4 N–H and O–H groups in total. The number of carbonyl (C=O) groups excluding carboxylic acids is 3. The Bertz CT molecular complexity index is 652. The highest BCUT2D eigenvalue weighted by molar-refractivity contribution is 9.10. The highest BCUT2D eigenvalue weighted by Gasteiger charge is 2.26. The van der Waals surface area contributed by atoms with Crippen molar-refractivity contribution in [3.05, 3.63) is 33.3 Å². The molecule has 1 aromatic rings. The van der Waals surface area contributed by atoms with E-state index in [0.29, 0.717) is 11.4 Å². The van der Waals surface area contributed by atoms with Gasteiger partial charge in [-0.1, -0.05) is 41.4 Å². The van der Waals surface area contributed by atoms with Gasteiger partial charge in [0.2, 0.25) is 17.7 Å². The minimum Gasteiger partial charge on any atom is -0.368 e. The Morgan fingerprint density at radius 2 is 1.84 bits per heavy atom. The Balaban J connectivity index is 2.91. The summed E-state index contributed by atoms with van der Waals surface area (Å²) >= 11 is 9.37. The molecule has 0 fully saturated rings. The number of halogens is 2. The molecule has 138 valence electrons. The van der Waals surface area contributed by atoms with E-state index >= 15 is 0 Å². The fourth-order valence-corrected chi connectivity index (χ4v) is 2.97. The van der Waals surface area contributed by atoms with Gasteiger partial charge in [-0.2, -0.15) is 0 Å². The molecule has 0 radical (unpaired) electrons. The van der Waals surface area contributed by atoms with Gasteiger partial charge in [0.15, 0.2) is 0 Å². The second kappa shape index (κ2) is 9.77. The molecule has 0 saturated carbocycles. The Kier molecular flexibility index (Phi) is 8.38. The Hall–Kier alpha value is -1.60. The first-order valence-electron chi connectivity index (χ1n) is 7.90. The molecule has 25 heavy (non-hydrogen) atoms. The fraction of sp³-hybridized carbons (Fsp3) is 0.471. The summed E-state index contributed by atoms with van der Waals surface area (Å²) in [5.74, 6) is -1.22. The van der Waals surface area contributed by atoms with Crippen molar-refractivity contribution < 1.29 is 14.4 Å². The molecule has 2 atom stereocenters. The van der Waals surface area contributed by atoms with Gasteiger partial charge in [-0.25, -0.2) is 0 Å². The quantitative estimate of drug-likeness (QED) is 0.587. The van der Waals surface area contributed by atoms with Crippen molar-refractivity contribution in [3.63, 3.8) is 0 Å². The fourth-order valence-electron chi connectivity index (χ4n) is 2.36. The molecule has 0 aromatic heterocycles. The van der Waals surface area contributed by atoms with E-state index in [2.05, 4.69) is 26.6 Å². The standard InChI is InChI=1S/C17H23BrClN3O3/c1-9(2)6-15(21-10(3)23)17(25)22-14(16(20)24)8-11-7-12(19)4-5-13(11)18/h4-5,7,9,14-15H,6,8H2,1-3H3,(H2,20,24)(H,21,23)(H,22,25)/t14-,15-/m0/s1. The molecule has 1 rings (SSSR count). The number of carbonyl (C=O) groups is 3. The second-order valence-electron chi connectivity index (χ2n) is 6.29. The molecule has 0 unspecified atom stereocenters. The lowest BCUT2D eigenvalue weighted by Gasteiger charge is -2.23. The van der Waals surface area contributed by atoms with E-state index in [0.717, 1.165) is 10.0 Å². The van der Waals surface area contributed by atoms with Crippen molar-refractivity contribution >= 4 is 45.3 Å². The van der Waals surface area contributed by atoms with Crippen molar-refractivity contribution in [1.29, 1.82) is 0 Å². The van der Waals surface area contributed by atoms with Crippen molar-refractivity contribution in [2.24, 2.45) is 11.7 Å². The summed E-state index contributed by atoms with van der Waals surface area (Å²) in [6.45, 7) is 5.22. The van der Waals surface area contributed by atoms with Crippen LogP contribution in [-0.2, 0) is 20.8 Å². The van der Waals surface area contributed by atoms with Crippen LogP contribution in [0.1, 0.15) is 32.8 Å². The third-order valence-electron chi connectivity index (χ3n) is 3.49. The monoisotopic (exact) mass is 431 g/mol. The maximum absolute atomic E-state index is 12.5. The molecular weight excluding hydrogens is 410 g/mol. The zero-order valence-electron chi connectivity index (χ0n) is 14.4. The highest BCUT2D eigenvalue weighted by Crippen LogP contribution is 2.22. The van der Waals surface area contributed by atoms with Crippen molar-refractivity contribution in [3.8, 4) is 0 Å². The Morgan fingerprint density at radius 3 is 2.36 bits per heavy atom. The molecule has 8 heteroatoms. The van der Waals surface area contributed by atoms with Gasteiger partial charge in [-0.05, 0) is 36.1 Å². The number of hydrogen-bond donors (Lipinski definition) is 3. The van der Waals surface area contributed by atoms with Gasteiger partial charge in [0.25, 0.3) is 0 Å². The van der Waals surface area contributed by atoms with E-state index in [1.54, 1.807) is 18.2 Å². The summed E-state index contributed by atoms with van der Waals surface area (Å²) in [4.78, 5) is 35.6. The maximum Gasteiger partial charge on any atom is 0.243 e. The maximum atomic E-state index is 12.5. The molecule has 0 aliphatic rings. The topological polar surface area (TPSA) is 101 Å². The minimum absolute atomic E-state index is 0.191. The lowest BCUT2D eigenvalue weighted by Crippen LogP contribution is -2.53. The molecular formula is C17H23BrClN3O3. The number of nitrogens with one attached hydrogen (secondary N) is 2. The van der Waals surface area contributed by atoms with Crippen LogP contribution in [0, 0.1) is 5.92 Å². The Labute approximate surface area is 161 Å². The Morgan fingerprint density at radius 1 is 1.20 bits per heavy atom. The summed E-state index contributed by atoms with van der Waals surface area (Å²) in [6.07, 6.45) is 0.647. The highest BCUT2D eigenvalue weighted by atomic mass is 79.9. The van der Waals surface area contributed by atoms with Crippen LogP contribution >= 0.6 is 27.5 Å². The SMILES string of the molecule is CC(=O)N[C@@H](CC(C)C)C(=O)N[C@@H](Cc1cc(Cl)ccc1Br)C(N)=O. The lowest BCUT2D eigenvalue weighted by molar-refractivity contribution is -0.131. The predicted molar refractivity (Wildman–Crippen MR) is 101 cm³/mol. The van der Waals surface area contributed by atoms with Crippen LogP contribution < -0.4 is 16.4 Å². The van der Waals surface area contributed by atoms with Crippen LogP contribution in [0.2, 0.25) is 5.02 Å². The van der Waals surface area contributed by atoms with E-state index in [1.807, 2.05) is 13.8 Å². The number of amides is 3. The molecule has 0 bridgehead atoms. The molecule has 0 saturated heterocycles. The summed E-state index contributed by atoms with van der Waals surface area (Å²) in [6, 6.07) is 3.54. The van der Waals surface area contributed by atoms with Crippen molar-refractivity contribution in [2.75, 3.05) is 0 Å². The second-order valence-corrected chi connectivity index (χ2v) is 7.58. The first-order chi connectivity index (χ1) is 11.6. The van der Waals surface area contributed by atoms with Crippen LogP contribution in [0.4, 0.5) is 0 Å². The molecule has 0 aliphatic carbocycles. The van der Waals surface area contributed by atoms with Gasteiger partial charge in [0, 0.05) is 22.8 Å². The lowest BCUT2D eigenvalue weighted by atomic mass is 10.0.